The molecule has 156 valence electrons. The van der Waals surface area contributed by atoms with Gasteiger partial charge in [0.15, 0.2) is 6.61 Å². The van der Waals surface area contributed by atoms with E-state index >= 15 is 0 Å². The second-order valence-corrected chi connectivity index (χ2v) is 9.21. The molecule has 6 nitrogen and oxygen atoms in total. The lowest BCUT2D eigenvalue weighted by atomic mass is 10.1. The van der Waals surface area contributed by atoms with E-state index in [0.717, 1.165) is 25.7 Å². The van der Waals surface area contributed by atoms with Crippen LogP contribution < -0.4 is 10.1 Å². The highest BCUT2D eigenvalue weighted by Gasteiger charge is 2.30. The maximum absolute atomic E-state index is 12.9. The molecule has 1 aliphatic rings. The zero-order valence-corrected chi connectivity index (χ0v) is 17.7. The van der Waals surface area contributed by atoms with Crippen LogP contribution in [0.4, 0.5) is 5.69 Å². The number of hydrogen-bond donors (Lipinski definition) is 1. The van der Waals surface area contributed by atoms with Crippen molar-refractivity contribution >= 4 is 21.6 Å². The number of nitrogens with zero attached hydrogens (tertiary/aromatic N) is 1. The van der Waals surface area contributed by atoms with Gasteiger partial charge in [-0.2, -0.15) is 4.31 Å². The predicted octanol–water partition coefficient (Wildman–Crippen LogP) is 3.83. The van der Waals surface area contributed by atoms with Crippen LogP contribution in [0.3, 0.4) is 0 Å². The van der Waals surface area contributed by atoms with Crippen LogP contribution in [0.2, 0.25) is 0 Å². The average molecular weight is 417 g/mol. The lowest BCUT2D eigenvalue weighted by molar-refractivity contribution is -0.118. The summed E-state index contributed by atoms with van der Waals surface area (Å²) in [6.07, 6.45) is 3.78. The Morgan fingerprint density at radius 2 is 1.79 bits per heavy atom. The summed E-state index contributed by atoms with van der Waals surface area (Å²) in [5, 5.41) is 2.73. The van der Waals surface area contributed by atoms with Crippen molar-refractivity contribution in [1.82, 2.24) is 4.31 Å². The monoisotopic (exact) mass is 416 g/mol. The van der Waals surface area contributed by atoms with Gasteiger partial charge in [0.25, 0.3) is 5.91 Å². The molecule has 1 aliphatic heterocycles. The van der Waals surface area contributed by atoms with Crippen molar-refractivity contribution in [2.24, 2.45) is 0 Å². The van der Waals surface area contributed by atoms with Crippen LogP contribution in [0, 0.1) is 0 Å². The highest BCUT2D eigenvalue weighted by atomic mass is 32.2. The van der Waals surface area contributed by atoms with Gasteiger partial charge in [0.2, 0.25) is 10.0 Å². The Kier molecular flexibility index (Phi) is 6.92. The number of hydrogen-bond acceptors (Lipinski definition) is 4. The smallest absolute Gasteiger partial charge is 0.262 e. The Balaban J connectivity index is 1.57. The number of sulfonamides is 1. The second-order valence-electron chi connectivity index (χ2n) is 7.32. The van der Waals surface area contributed by atoms with E-state index < -0.39 is 10.0 Å². The fourth-order valence-corrected chi connectivity index (χ4v) is 5.14. The summed E-state index contributed by atoms with van der Waals surface area (Å²) >= 11 is 0. The lowest BCUT2D eigenvalue weighted by Gasteiger charge is -2.32. The van der Waals surface area contributed by atoms with E-state index in [4.69, 9.17) is 4.74 Å². The minimum Gasteiger partial charge on any atom is -0.484 e. The average Bonchev–Trinajstić information content (AvgIpc) is 2.73. The Hall–Kier alpha value is -2.38. The van der Waals surface area contributed by atoms with E-state index in [9.17, 15) is 13.2 Å². The molecule has 29 heavy (non-hydrogen) atoms. The first kappa shape index (κ1) is 21.3. The molecule has 1 fully saturated rings. The summed E-state index contributed by atoms with van der Waals surface area (Å²) in [6, 6.07) is 13.9. The minimum absolute atomic E-state index is 0.0108. The zero-order chi connectivity index (χ0) is 20.9. The van der Waals surface area contributed by atoms with Crippen molar-refractivity contribution in [1.29, 1.82) is 0 Å². The van der Waals surface area contributed by atoms with Crippen LogP contribution in [0.15, 0.2) is 53.4 Å². The molecule has 1 saturated heterocycles. The van der Waals surface area contributed by atoms with Crippen LogP contribution >= 0.6 is 0 Å². The molecule has 0 radical (unpaired) electrons. The fraction of sp³-hybridized carbons (Fsp3) is 0.409. The number of carbonyl (C=O) groups is 1. The Morgan fingerprint density at radius 3 is 2.41 bits per heavy atom. The molecule has 1 amide bonds. The molecular weight excluding hydrogens is 388 g/mol. The van der Waals surface area contributed by atoms with E-state index in [2.05, 4.69) is 12.2 Å². The molecule has 0 spiro atoms. The van der Waals surface area contributed by atoms with Crippen molar-refractivity contribution in [3.8, 4) is 5.75 Å². The Labute approximate surface area is 172 Å². The maximum Gasteiger partial charge on any atom is 0.262 e. The summed E-state index contributed by atoms with van der Waals surface area (Å²) in [7, 11) is -3.51. The van der Waals surface area contributed by atoms with E-state index in [1.807, 2.05) is 31.2 Å². The minimum atomic E-state index is -3.51. The van der Waals surface area contributed by atoms with Crippen molar-refractivity contribution in [2.75, 3.05) is 18.5 Å². The molecular formula is C22H28N2O4S. The Morgan fingerprint density at radius 1 is 1.10 bits per heavy atom. The molecule has 2 aromatic rings. The lowest BCUT2D eigenvalue weighted by Crippen LogP contribution is -2.41. The van der Waals surface area contributed by atoms with Crippen molar-refractivity contribution in [2.45, 2.75) is 50.5 Å². The number of aryl methyl sites for hydroxylation is 1. The third-order valence-electron chi connectivity index (χ3n) is 5.19. The van der Waals surface area contributed by atoms with E-state index in [-0.39, 0.29) is 23.5 Å². The van der Waals surface area contributed by atoms with Gasteiger partial charge in [-0.3, -0.25) is 4.79 Å². The number of anilines is 1. The number of rotatable bonds is 7. The topological polar surface area (TPSA) is 75.7 Å². The third-order valence-corrected chi connectivity index (χ3v) is 7.22. The number of ether oxygens (including phenoxy) is 1. The van der Waals surface area contributed by atoms with E-state index in [0.29, 0.717) is 18.0 Å². The predicted molar refractivity (Wildman–Crippen MR) is 114 cm³/mol. The van der Waals surface area contributed by atoms with Crippen molar-refractivity contribution < 1.29 is 17.9 Å². The summed E-state index contributed by atoms with van der Waals surface area (Å²) in [6.45, 7) is 4.46. The van der Waals surface area contributed by atoms with Gasteiger partial charge in [0, 0.05) is 18.3 Å². The molecule has 7 heteroatoms. The molecule has 0 unspecified atom stereocenters. The van der Waals surface area contributed by atoms with Crippen LogP contribution in [0.25, 0.3) is 0 Å². The van der Waals surface area contributed by atoms with Gasteiger partial charge < -0.3 is 10.1 Å². The standard InChI is InChI=1S/C22H28N2O4S/c1-3-18-7-11-20(12-8-18)28-16-22(25)23-19-9-13-21(14-10-19)29(26,27)24-15-5-4-6-17(24)2/h7-14,17H,3-6,15-16H2,1-2H3,(H,23,25)/t17-/m1/s1. The number of carbonyl (C=O) groups excluding carboxylic acids is 1. The summed E-state index contributed by atoms with van der Waals surface area (Å²) < 4.78 is 32.8. The van der Waals surface area contributed by atoms with Crippen LogP contribution in [0.1, 0.15) is 38.7 Å². The molecule has 1 N–H and O–H groups in total. The number of amides is 1. The first-order valence-electron chi connectivity index (χ1n) is 10.0. The van der Waals surface area contributed by atoms with Crippen molar-refractivity contribution in [3.63, 3.8) is 0 Å². The SMILES string of the molecule is CCc1ccc(OCC(=O)Nc2ccc(S(=O)(=O)N3CCCC[C@H]3C)cc2)cc1. The first-order chi connectivity index (χ1) is 13.9. The van der Waals surface area contributed by atoms with Crippen LogP contribution in [0.5, 0.6) is 5.75 Å². The quantitative estimate of drug-likeness (QED) is 0.744. The van der Waals surface area contributed by atoms with Gasteiger partial charge in [0.1, 0.15) is 5.75 Å². The molecule has 0 aromatic heterocycles. The van der Waals surface area contributed by atoms with Gasteiger partial charge in [-0.25, -0.2) is 8.42 Å². The van der Waals surface area contributed by atoms with Crippen molar-refractivity contribution in [3.05, 3.63) is 54.1 Å². The third kappa shape index (κ3) is 5.36. The fourth-order valence-electron chi connectivity index (χ4n) is 3.44. The normalized spacial score (nSPS) is 17.7. The molecule has 1 atom stereocenters. The molecule has 0 bridgehead atoms. The maximum atomic E-state index is 12.9. The number of piperidine rings is 1. The summed E-state index contributed by atoms with van der Waals surface area (Å²) in [5.74, 6) is 0.333. The molecule has 3 rings (SSSR count). The zero-order valence-electron chi connectivity index (χ0n) is 16.9. The van der Waals surface area contributed by atoms with Gasteiger partial charge in [-0.05, 0) is 68.1 Å². The highest BCUT2D eigenvalue weighted by Crippen LogP contribution is 2.25. The van der Waals surface area contributed by atoms with Gasteiger partial charge in [0.05, 0.1) is 4.90 Å². The van der Waals surface area contributed by atoms with Gasteiger partial charge in [-0.1, -0.05) is 25.5 Å². The van der Waals surface area contributed by atoms with Crippen LogP contribution in [-0.4, -0.2) is 37.8 Å². The van der Waals surface area contributed by atoms with Gasteiger partial charge in [-0.15, -0.1) is 0 Å². The largest absolute Gasteiger partial charge is 0.484 e. The first-order valence-corrected chi connectivity index (χ1v) is 11.5. The Bertz CT molecular complexity index is 924. The molecule has 2 aromatic carbocycles. The van der Waals surface area contributed by atoms with E-state index in [1.54, 1.807) is 16.4 Å². The molecule has 0 saturated carbocycles. The van der Waals surface area contributed by atoms with E-state index in [1.165, 1.54) is 17.7 Å². The molecule has 0 aliphatic carbocycles. The van der Waals surface area contributed by atoms with Crippen LogP contribution in [-0.2, 0) is 21.2 Å². The number of benzene rings is 2. The van der Waals surface area contributed by atoms with Gasteiger partial charge >= 0.3 is 0 Å². The molecule has 1 heterocycles. The number of nitrogens with one attached hydrogen (secondary N) is 1. The second kappa shape index (κ2) is 9.41. The highest BCUT2D eigenvalue weighted by molar-refractivity contribution is 7.89. The summed E-state index contributed by atoms with van der Waals surface area (Å²) in [5.41, 5.74) is 1.74. The summed E-state index contributed by atoms with van der Waals surface area (Å²) in [4.78, 5) is 12.4.